The van der Waals surface area contributed by atoms with E-state index in [1.165, 1.54) is 0 Å². The lowest BCUT2D eigenvalue weighted by molar-refractivity contribution is -0.125. The van der Waals surface area contributed by atoms with Gasteiger partial charge in [-0.15, -0.1) is 0 Å². The van der Waals surface area contributed by atoms with Crippen molar-refractivity contribution in [3.8, 4) is 0 Å². The van der Waals surface area contributed by atoms with Crippen molar-refractivity contribution in [2.75, 3.05) is 16.8 Å². The first-order valence-corrected chi connectivity index (χ1v) is 9.98. The molecule has 3 rings (SSSR count). The molecule has 0 aromatic heterocycles. The van der Waals surface area contributed by atoms with E-state index in [-0.39, 0.29) is 17.9 Å². The van der Waals surface area contributed by atoms with Crippen LogP contribution in [0.3, 0.4) is 0 Å². The Hall–Kier alpha value is -2.87. The quantitative estimate of drug-likeness (QED) is 0.707. The van der Waals surface area contributed by atoms with Gasteiger partial charge in [0.15, 0.2) is 9.84 Å². The van der Waals surface area contributed by atoms with Gasteiger partial charge in [-0.05, 0) is 30.7 Å². The summed E-state index contributed by atoms with van der Waals surface area (Å²) in [7, 11) is -3.16. The zero-order valence-corrected chi connectivity index (χ0v) is 14.8. The van der Waals surface area contributed by atoms with Crippen LogP contribution in [0.2, 0.25) is 0 Å². The van der Waals surface area contributed by atoms with Gasteiger partial charge < -0.3 is 5.32 Å². The number of sulfone groups is 1. The van der Waals surface area contributed by atoms with Crippen LogP contribution in [0.4, 0.5) is 11.4 Å². The molecular weight excluding hydrogens is 354 g/mol. The van der Waals surface area contributed by atoms with Crippen LogP contribution in [-0.4, -0.2) is 31.7 Å². The van der Waals surface area contributed by atoms with Crippen molar-refractivity contribution in [2.45, 2.75) is 6.42 Å². The number of hydrogen-bond acceptors (Lipinski definition) is 5. The zero-order valence-electron chi connectivity index (χ0n) is 13.9. The Balaban J connectivity index is 1.64. The largest absolute Gasteiger partial charge is 0.355 e. The van der Waals surface area contributed by atoms with Crippen molar-refractivity contribution in [1.82, 2.24) is 10.9 Å². The lowest BCUT2D eigenvalue weighted by atomic mass is 10.1. The van der Waals surface area contributed by atoms with Gasteiger partial charge in [0.25, 0.3) is 5.91 Å². The number of carbonyl (C=O) groups excluding carboxylic acids is 2. The van der Waals surface area contributed by atoms with E-state index in [1.807, 2.05) is 30.3 Å². The van der Waals surface area contributed by atoms with Crippen molar-refractivity contribution < 1.29 is 18.0 Å². The van der Waals surface area contributed by atoms with Gasteiger partial charge in [-0.1, -0.05) is 30.3 Å². The SMILES string of the molecule is O=C(NNC(=O)[C@@H]1CCS(=O)(=O)C1)c1ccccc1Nc1ccccc1. The highest BCUT2D eigenvalue weighted by Gasteiger charge is 2.33. The predicted molar refractivity (Wildman–Crippen MR) is 98.5 cm³/mol. The molecule has 1 aliphatic heterocycles. The molecule has 3 N–H and O–H groups in total. The molecular formula is C18H19N3O4S. The summed E-state index contributed by atoms with van der Waals surface area (Å²) in [5.74, 6) is -1.78. The van der Waals surface area contributed by atoms with Crippen LogP contribution in [0.1, 0.15) is 16.8 Å². The van der Waals surface area contributed by atoms with Crippen LogP contribution in [0.5, 0.6) is 0 Å². The van der Waals surface area contributed by atoms with Crippen molar-refractivity contribution >= 4 is 33.0 Å². The second kappa shape index (κ2) is 7.57. The molecule has 0 bridgehead atoms. The molecule has 0 aliphatic carbocycles. The molecule has 0 radical (unpaired) electrons. The molecule has 0 unspecified atom stereocenters. The first kappa shape index (κ1) is 17.9. The third kappa shape index (κ3) is 4.40. The van der Waals surface area contributed by atoms with E-state index in [0.717, 1.165) is 5.69 Å². The topological polar surface area (TPSA) is 104 Å². The molecule has 136 valence electrons. The van der Waals surface area contributed by atoms with Crippen LogP contribution in [0, 0.1) is 5.92 Å². The summed E-state index contributed by atoms with van der Waals surface area (Å²) < 4.78 is 22.9. The highest BCUT2D eigenvalue weighted by molar-refractivity contribution is 7.91. The molecule has 1 atom stereocenters. The molecule has 1 fully saturated rings. The molecule has 1 heterocycles. The van der Waals surface area contributed by atoms with Gasteiger partial charge in [-0.25, -0.2) is 8.42 Å². The maximum absolute atomic E-state index is 12.4. The molecule has 1 saturated heterocycles. The lowest BCUT2D eigenvalue weighted by Crippen LogP contribution is -2.45. The molecule has 0 spiro atoms. The van der Waals surface area contributed by atoms with Crippen molar-refractivity contribution in [1.29, 1.82) is 0 Å². The average Bonchev–Trinajstić information content (AvgIpc) is 3.01. The maximum Gasteiger partial charge on any atom is 0.271 e. The molecule has 1 aliphatic rings. The van der Waals surface area contributed by atoms with Gasteiger partial charge in [0.2, 0.25) is 5.91 Å². The fraction of sp³-hybridized carbons (Fsp3) is 0.222. The van der Waals surface area contributed by atoms with Gasteiger partial charge in [-0.3, -0.25) is 20.4 Å². The highest BCUT2D eigenvalue weighted by Crippen LogP contribution is 2.21. The smallest absolute Gasteiger partial charge is 0.271 e. The van der Waals surface area contributed by atoms with Gasteiger partial charge in [0, 0.05) is 5.69 Å². The number of para-hydroxylation sites is 2. The van der Waals surface area contributed by atoms with E-state index in [0.29, 0.717) is 11.3 Å². The molecule has 2 aromatic rings. The minimum absolute atomic E-state index is 0.00284. The minimum Gasteiger partial charge on any atom is -0.355 e. The van der Waals surface area contributed by atoms with Crippen LogP contribution in [0.15, 0.2) is 54.6 Å². The molecule has 8 heteroatoms. The van der Waals surface area contributed by atoms with E-state index in [9.17, 15) is 18.0 Å². The van der Waals surface area contributed by atoms with Crippen molar-refractivity contribution in [3.05, 3.63) is 60.2 Å². The summed E-state index contributed by atoms with van der Waals surface area (Å²) >= 11 is 0. The fourth-order valence-corrected chi connectivity index (χ4v) is 4.50. The number of anilines is 2. The second-order valence-electron chi connectivity index (χ2n) is 6.08. The monoisotopic (exact) mass is 373 g/mol. The number of nitrogens with one attached hydrogen (secondary N) is 3. The first-order valence-electron chi connectivity index (χ1n) is 8.16. The van der Waals surface area contributed by atoms with E-state index in [4.69, 9.17) is 0 Å². The Kier molecular flexibility index (Phi) is 5.22. The number of benzene rings is 2. The van der Waals surface area contributed by atoms with E-state index < -0.39 is 27.6 Å². The normalized spacial score (nSPS) is 18.1. The maximum atomic E-state index is 12.4. The van der Waals surface area contributed by atoms with E-state index in [1.54, 1.807) is 24.3 Å². The number of hydrazine groups is 1. The summed E-state index contributed by atoms with van der Waals surface area (Å²) in [5.41, 5.74) is 6.45. The highest BCUT2D eigenvalue weighted by atomic mass is 32.2. The molecule has 26 heavy (non-hydrogen) atoms. The van der Waals surface area contributed by atoms with Crippen LogP contribution < -0.4 is 16.2 Å². The Morgan fingerprint density at radius 2 is 1.62 bits per heavy atom. The third-order valence-electron chi connectivity index (χ3n) is 4.13. The fourth-order valence-electron chi connectivity index (χ4n) is 2.76. The van der Waals surface area contributed by atoms with Crippen LogP contribution >= 0.6 is 0 Å². The van der Waals surface area contributed by atoms with Crippen molar-refractivity contribution in [3.63, 3.8) is 0 Å². The van der Waals surface area contributed by atoms with Crippen LogP contribution in [0.25, 0.3) is 0 Å². The molecule has 7 nitrogen and oxygen atoms in total. The molecule has 0 saturated carbocycles. The van der Waals surface area contributed by atoms with E-state index in [2.05, 4.69) is 16.2 Å². The second-order valence-corrected chi connectivity index (χ2v) is 8.31. The van der Waals surface area contributed by atoms with Crippen LogP contribution in [-0.2, 0) is 14.6 Å². The molecule has 2 amide bonds. The number of amides is 2. The van der Waals surface area contributed by atoms with Gasteiger partial charge in [-0.2, -0.15) is 0 Å². The Bertz CT molecular complexity index is 913. The van der Waals surface area contributed by atoms with E-state index >= 15 is 0 Å². The summed E-state index contributed by atoms with van der Waals surface area (Å²) in [4.78, 5) is 24.5. The Morgan fingerprint density at radius 1 is 0.923 bits per heavy atom. The van der Waals surface area contributed by atoms with Crippen molar-refractivity contribution in [2.24, 2.45) is 5.92 Å². The predicted octanol–water partition coefficient (Wildman–Crippen LogP) is 1.63. The number of rotatable bonds is 4. The summed E-state index contributed by atoms with van der Waals surface area (Å²) in [6, 6.07) is 16.3. The van der Waals surface area contributed by atoms with Gasteiger partial charge >= 0.3 is 0 Å². The minimum atomic E-state index is -3.16. The number of carbonyl (C=O) groups is 2. The van der Waals surface area contributed by atoms with Gasteiger partial charge in [0.1, 0.15) is 0 Å². The number of hydrogen-bond donors (Lipinski definition) is 3. The lowest BCUT2D eigenvalue weighted by Gasteiger charge is -2.14. The summed E-state index contributed by atoms with van der Waals surface area (Å²) in [6.45, 7) is 0. The third-order valence-corrected chi connectivity index (χ3v) is 5.89. The average molecular weight is 373 g/mol. The first-order chi connectivity index (χ1) is 12.4. The Morgan fingerprint density at radius 3 is 2.31 bits per heavy atom. The summed E-state index contributed by atoms with van der Waals surface area (Å²) in [5, 5.41) is 3.15. The molecule has 2 aromatic carbocycles. The summed E-state index contributed by atoms with van der Waals surface area (Å²) in [6.07, 6.45) is 0.274. The van der Waals surface area contributed by atoms with Gasteiger partial charge in [0.05, 0.1) is 28.7 Å². The standard InChI is InChI=1S/C18H19N3O4S/c22-17(13-10-11-26(24,25)12-13)20-21-18(23)15-8-4-5-9-16(15)19-14-6-2-1-3-7-14/h1-9,13,19H,10-12H2,(H,20,22)(H,21,23)/t13-/m1/s1. The zero-order chi connectivity index (χ0) is 18.6. The Labute approximate surface area is 151 Å².